The minimum Gasteiger partial charge on any atom is -0.391 e. The second kappa shape index (κ2) is 15.1. The fourth-order valence-electron chi connectivity index (χ4n) is 5.64. The van der Waals surface area contributed by atoms with Crippen LogP contribution in [0.1, 0.15) is 53.5 Å². The van der Waals surface area contributed by atoms with Gasteiger partial charge in [0.1, 0.15) is 0 Å². The van der Waals surface area contributed by atoms with Crippen LogP contribution in [-0.2, 0) is 24.4 Å². The molecule has 2 aromatic carbocycles. The summed E-state index contributed by atoms with van der Waals surface area (Å²) >= 11 is 0. The summed E-state index contributed by atoms with van der Waals surface area (Å²) in [4.78, 5) is 52.4. The topological polar surface area (TPSA) is 205 Å². The Morgan fingerprint density at radius 2 is 1.73 bits per heavy atom. The molecule has 0 radical (unpaired) electrons. The molecule has 1 aliphatic heterocycles. The van der Waals surface area contributed by atoms with Crippen molar-refractivity contribution in [2.24, 2.45) is 23.0 Å². The molecule has 3 atom stereocenters. The number of para-hydroxylation sites is 2. The lowest BCUT2D eigenvalue weighted by atomic mass is 9.86. The molecule has 1 heterocycles. The number of aryl methyl sites for hydroxylation is 1. The first-order chi connectivity index (χ1) is 22.2. The fourth-order valence-corrected chi connectivity index (χ4v) is 7.07. The van der Waals surface area contributed by atoms with E-state index in [4.69, 9.17) is 5.73 Å². The fraction of sp³-hybridized carbons (Fsp3) is 0.545. The van der Waals surface area contributed by atoms with E-state index in [9.17, 15) is 38.0 Å². The maximum atomic E-state index is 13.7. The Kier molecular flexibility index (Phi) is 12.1. The molecule has 1 saturated heterocycles. The number of benzene rings is 2. The molecule has 48 heavy (non-hydrogen) atoms. The molecular formula is C33H48N6O8S. The maximum Gasteiger partial charge on any atom is 0.289 e. The highest BCUT2D eigenvalue weighted by Gasteiger charge is 2.42. The third kappa shape index (κ3) is 9.15. The van der Waals surface area contributed by atoms with Crippen molar-refractivity contribution in [1.29, 1.82) is 0 Å². The number of hydrogen-bond donors (Lipinski definition) is 4. The SMILES string of the molecule is Cc1ccccc1N1CC(C)(C)N(C[C@H](NS(=O)(=O)c2ccccc2[N+](=O)[O-])[C@@H](O)C[C@H](C(=O)NCC(C)(C)C(N)=O)C(C)C)CC1=O. The van der Waals surface area contributed by atoms with Crippen molar-refractivity contribution >= 4 is 39.1 Å². The van der Waals surface area contributed by atoms with Crippen molar-refractivity contribution in [1.82, 2.24) is 14.9 Å². The first-order valence-electron chi connectivity index (χ1n) is 15.8. The summed E-state index contributed by atoms with van der Waals surface area (Å²) < 4.78 is 29.9. The zero-order chi connectivity index (χ0) is 36.2. The molecule has 264 valence electrons. The first-order valence-corrected chi connectivity index (χ1v) is 17.3. The first kappa shape index (κ1) is 38.5. The van der Waals surface area contributed by atoms with Gasteiger partial charge in [-0.25, -0.2) is 13.1 Å². The highest BCUT2D eigenvalue weighted by atomic mass is 32.2. The van der Waals surface area contributed by atoms with Gasteiger partial charge in [0.15, 0.2) is 4.90 Å². The number of nitro benzene ring substituents is 1. The molecule has 0 unspecified atom stereocenters. The van der Waals surface area contributed by atoms with Gasteiger partial charge < -0.3 is 21.1 Å². The van der Waals surface area contributed by atoms with E-state index in [0.29, 0.717) is 0 Å². The van der Waals surface area contributed by atoms with Gasteiger partial charge in [-0.1, -0.05) is 44.2 Å². The molecule has 0 aromatic heterocycles. The van der Waals surface area contributed by atoms with Gasteiger partial charge in [-0.15, -0.1) is 0 Å². The third-order valence-electron chi connectivity index (χ3n) is 8.98. The number of nitrogens with two attached hydrogens (primary N) is 1. The summed E-state index contributed by atoms with van der Waals surface area (Å²) in [5, 5.41) is 26.1. The zero-order valence-corrected chi connectivity index (χ0v) is 29.4. The standard InChI is InChI=1S/C33H48N6O8S/c1-21(2)23(30(42)35-19-32(4,5)31(34)43)16-27(40)24(36-48(46,47)28-15-11-10-14-26(28)39(44)45)17-37-18-29(41)38(20-33(37,6)7)25-13-9-8-12-22(25)3/h8-15,21,23-24,27,36,40H,16-20H2,1-7H3,(H2,34,43)(H,35,42)/t23-,24-,27-/m0/s1. The molecule has 3 rings (SSSR count). The Morgan fingerprint density at radius 3 is 2.31 bits per heavy atom. The molecule has 0 bridgehead atoms. The molecule has 1 aliphatic rings. The second-order valence-electron chi connectivity index (χ2n) is 14.0. The number of amides is 3. The van der Waals surface area contributed by atoms with Crippen LogP contribution in [0.3, 0.4) is 0 Å². The number of nitrogens with zero attached hydrogens (tertiary/aromatic N) is 3. The summed E-state index contributed by atoms with van der Waals surface area (Å²) in [6, 6.07) is 11.1. The lowest BCUT2D eigenvalue weighted by Gasteiger charge is -2.48. The summed E-state index contributed by atoms with van der Waals surface area (Å²) in [6.07, 6.45) is -1.66. The van der Waals surface area contributed by atoms with Gasteiger partial charge in [0.05, 0.1) is 29.0 Å². The lowest BCUT2D eigenvalue weighted by Crippen LogP contribution is -2.65. The number of nitrogens with one attached hydrogen (secondary N) is 2. The Bertz CT molecular complexity index is 1630. The molecule has 3 amide bonds. The van der Waals surface area contributed by atoms with Crippen molar-refractivity contribution in [2.75, 3.05) is 31.1 Å². The third-order valence-corrected chi connectivity index (χ3v) is 10.5. The number of primary amides is 1. The van der Waals surface area contributed by atoms with Crippen LogP contribution in [-0.4, -0.2) is 84.9 Å². The summed E-state index contributed by atoms with van der Waals surface area (Å²) in [5.74, 6) is -2.40. The summed E-state index contributed by atoms with van der Waals surface area (Å²) in [5.41, 5.74) is 4.75. The van der Waals surface area contributed by atoms with Crippen LogP contribution in [0.4, 0.5) is 11.4 Å². The van der Waals surface area contributed by atoms with E-state index in [1.54, 1.807) is 37.5 Å². The average molecular weight is 689 g/mol. The zero-order valence-electron chi connectivity index (χ0n) is 28.6. The number of aliphatic hydroxyl groups is 1. The van der Waals surface area contributed by atoms with E-state index in [2.05, 4.69) is 10.0 Å². The summed E-state index contributed by atoms with van der Waals surface area (Å²) in [6.45, 7) is 12.4. The Hall–Kier alpha value is -3.92. The number of carbonyl (C=O) groups is 3. The Morgan fingerprint density at radius 1 is 1.12 bits per heavy atom. The van der Waals surface area contributed by atoms with Crippen LogP contribution in [0, 0.1) is 34.3 Å². The molecule has 5 N–H and O–H groups in total. The molecule has 14 nitrogen and oxygen atoms in total. The monoisotopic (exact) mass is 688 g/mol. The Labute approximate surface area is 282 Å². The molecular weight excluding hydrogens is 640 g/mol. The number of aliphatic hydroxyl groups excluding tert-OH is 1. The van der Waals surface area contributed by atoms with Gasteiger partial charge >= 0.3 is 0 Å². The van der Waals surface area contributed by atoms with E-state index < -0.39 is 66.4 Å². The normalized spacial score (nSPS) is 17.5. The van der Waals surface area contributed by atoms with Crippen LogP contribution in [0.15, 0.2) is 53.4 Å². The molecule has 2 aromatic rings. The van der Waals surface area contributed by atoms with E-state index in [1.807, 2.05) is 45.0 Å². The van der Waals surface area contributed by atoms with Crippen molar-refractivity contribution < 1.29 is 32.8 Å². The van der Waals surface area contributed by atoms with E-state index in [1.165, 1.54) is 12.1 Å². The van der Waals surface area contributed by atoms with Crippen molar-refractivity contribution in [3.8, 4) is 0 Å². The molecule has 0 aliphatic carbocycles. The van der Waals surface area contributed by atoms with Gasteiger partial charge in [0.25, 0.3) is 5.69 Å². The number of carbonyl (C=O) groups excluding carboxylic acids is 3. The van der Waals surface area contributed by atoms with Gasteiger partial charge in [-0.05, 0) is 64.7 Å². The van der Waals surface area contributed by atoms with Gasteiger partial charge in [0.2, 0.25) is 27.7 Å². The maximum absolute atomic E-state index is 13.7. The largest absolute Gasteiger partial charge is 0.391 e. The molecule has 1 fully saturated rings. The number of rotatable bonds is 15. The quantitative estimate of drug-likeness (QED) is 0.160. The highest BCUT2D eigenvalue weighted by molar-refractivity contribution is 7.89. The highest BCUT2D eigenvalue weighted by Crippen LogP contribution is 2.30. The molecule has 0 saturated carbocycles. The minimum absolute atomic E-state index is 0.0460. The molecule has 15 heteroatoms. The predicted octanol–water partition coefficient (Wildman–Crippen LogP) is 2.33. The van der Waals surface area contributed by atoms with Crippen LogP contribution in [0.5, 0.6) is 0 Å². The number of sulfonamides is 1. The van der Waals surface area contributed by atoms with Crippen LogP contribution in [0.25, 0.3) is 0 Å². The predicted molar refractivity (Wildman–Crippen MR) is 181 cm³/mol. The van der Waals surface area contributed by atoms with Crippen LogP contribution in [0.2, 0.25) is 0 Å². The number of nitro groups is 1. The van der Waals surface area contributed by atoms with Gasteiger partial charge in [0, 0.05) is 42.8 Å². The Balaban J connectivity index is 1.96. The number of piperazine rings is 1. The van der Waals surface area contributed by atoms with Crippen molar-refractivity contribution in [3.05, 3.63) is 64.2 Å². The number of hydrogen-bond acceptors (Lipinski definition) is 9. The average Bonchev–Trinajstić information content (AvgIpc) is 3.00. The van der Waals surface area contributed by atoms with E-state index in [0.717, 1.165) is 23.4 Å². The minimum atomic E-state index is -4.58. The van der Waals surface area contributed by atoms with Crippen molar-refractivity contribution in [3.63, 3.8) is 0 Å². The second-order valence-corrected chi connectivity index (χ2v) is 15.7. The van der Waals surface area contributed by atoms with E-state index >= 15 is 0 Å². The van der Waals surface area contributed by atoms with E-state index in [-0.39, 0.29) is 44.4 Å². The smallest absolute Gasteiger partial charge is 0.289 e. The van der Waals surface area contributed by atoms with Crippen LogP contribution >= 0.6 is 0 Å². The van der Waals surface area contributed by atoms with Crippen molar-refractivity contribution in [2.45, 2.75) is 77.5 Å². The lowest BCUT2D eigenvalue weighted by molar-refractivity contribution is -0.387. The molecule has 0 spiro atoms. The summed E-state index contributed by atoms with van der Waals surface area (Å²) in [7, 11) is -4.58. The van der Waals surface area contributed by atoms with Gasteiger partial charge in [-0.3, -0.25) is 29.4 Å². The van der Waals surface area contributed by atoms with Gasteiger partial charge in [-0.2, -0.15) is 0 Å². The number of anilines is 1. The van der Waals surface area contributed by atoms with Crippen LogP contribution < -0.4 is 20.7 Å².